The van der Waals surface area contributed by atoms with E-state index in [9.17, 15) is 24.3 Å². The van der Waals surface area contributed by atoms with Gasteiger partial charge in [-0.15, -0.1) is 0 Å². The first-order chi connectivity index (χ1) is 17.2. The minimum Gasteiger partial charge on any atom is -0.478 e. The van der Waals surface area contributed by atoms with Crippen LogP contribution in [0.15, 0.2) is 48.5 Å². The lowest BCUT2D eigenvalue weighted by Crippen LogP contribution is -2.46. The van der Waals surface area contributed by atoms with Crippen molar-refractivity contribution in [2.75, 3.05) is 37.5 Å². The van der Waals surface area contributed by atoms with Crippen molar-refractivity contribution in [2.24, 2.45) is 0 Å². The highest BCUT2D eigenvalue weighted by molar-refractivity contribution is 5.88. The Morgan fingerprint density at radius 1 is 0.972 bits per heavy atom. The summed E-state index contributed by atoms with van der Waals surface area (Å²) in [6.45, 7) is 1.24. The second-order valence-corrected chi connectivity index (χ2v) is 8.13. The van der Waals surface area contributed by atoms with Crippen LogP contribution in [0, 0.1) is 0 Å². The van der Waals surface area contributed by atoms with Crippen molar-refractivity contribution in [3.8, 4) is 0 Å². The van der Waals surface area contributed by atoms with E-state index in [-0.39, 0.29) is 12.7 Å². The van der Waals surface area contributed by atoms with Crippen LogP contribution in [0.5, 0.6) is 0 Å². The molecule has 1 heterocycles. The van der Waals surface area contributed by atoms with Crippen LogP contribution >= 0.6 is 0 Å². The van der Waals surface area contributed by atoms with Gasteiger partial charge in [-0.3, -0.25) is 10.6 Å². The highest BCUT2D eigenvalue weighted by Crippen LogP contribution is 2.19. The minimum absolute atomic E-state index is 0.0194. The summed E-state index contributed by atoms with van der Waals surface area (Å²) >= 11 is 0. The number of hydrogen-bond donors (Lipinski definition) is 4. The summed E-state index contributed by atoms with van der Waals surface area (Å²) in [5.74, 6) is -1.48. The Morgan fingerprint density at radius 3 is 2.08 bits per heavy atom. The maximum absolute atomic E-state index is 12.4. The zero-order chi connectivity index (χ0) is 26.1. The van der Waals surface area contributed by atoms with Gasteiger partial charge in [-0.1, -0.05) is 24.3 Å². The molecule has 2 aromatic carbocycles. The molecule has 2 atom stereocenters. The summed E-state index contributed by atoms with van der Waals surface area (Å²) < 4.78 is 19.8. The Bertz CT molecular complexity index is 1120. The molecule has 36 heavy (non-hydrogen) atoms. The number of carboxylic acid groups (broad SMARTS) is 1. The molecule has 12 heteroatoms. The van der Waals surface area contributed by atoms with Gasteiger partial charge in [0.1, 0.15) is 19.3 Å². The molecule has 0 aliphatic carbocycles. The van der Waals surface area contributed by atoms with Gasteiger partial charge in [-0.2, -0.15) is 0 Å². The Labute approximate surface area is 206 Å². The lowest BCUT2D eigenvalue weighted by atomic mass is 10.0. The third kappa shape index (κ3) is 8.17. The summed E-state index contributed by atoms with van der Waals surface area (Å²) in [6, 6.07) is 14.1. The average molecular weight is 501 g/mol. The van der Waals surface area contributed by atoms with E-state index in [2.05, 4.69) is 16.0 Å². The maximum Gasteiger partial charge on any atom is 0.412 e. The number of alkyl carbamates (subject to hydrolysis) is 1. The molecule has 0 aromatic heterocycles. The van der Waals surface area contributed by atoms with Gasteiger partial charge >= 0.3 is 24.2 Å². The molecule has 4 N–H and O–H groups in total. The van der Waals surface area contributed by atoms with E-state index in [0.717, 1.165) is 18.1 Å². The predicted molar refractivity (Wildman–Crippen MR) is 127 cm³/mol. The molecule has 1 aliphatic rings. The van der Waals surface area contributed by atoms with Crippen LogP contribution < -0.4 is 16.0 Å². The van der Waals surface area contributed by atoms with Gasteiger partial charge in [0.15, 0.2) is 0 Å². The minimum atomic E-state index is -2.09. The first-order valence-electron chi connectivity index (χ1n) is 11.0. The number of benzene rings is 2. The van der Waals surface area contributed by atoms with E-state index in [1.165, 1.54) is 7.05 Å². The lowest BCUT2D eigenvalue weighted by molar-refractivity contribution is -0.160. The van der Waals surface area contributed by atoms with E-state index in [0.29, 0.717) is 24.4 Å². The summed E-state index contributed by atoms with van der Waals surface area (Å²) in [5, 5.41) is 16.7. The fourth-order valence-electron chi connectivity index (χ4n) is 3.00. The van der Waals surface area contributed by atoms with Gasteiger partial charge < -0.3 is 29.4 Å². The van der Waals surface area contributed by atoms with Crippen molar-refractivity contribution in [3.63, 3.8) is 0 Å². The fraction of sp³-hybridized carbons (Fsp3) is 0.333. The van der Waals surface area contributed by atoms with Gasteiger partial charge in [-0.25, -0.2) is 19.2 Å². The smallest absolute Gasteiger partial charge is 0.412 e. The zero-order valence-corrected chi connectivity index (χ0v) is 19.7. The second kappa shape index (κ2) is 11.9. The quantitative estimate of drug-likeness (QED) is 0.283. The van der Waals surface area contributed by atoms with Crippen molar-refractivity contribution < 1.29 is 43.2 Å². The van der Waals surface area contributed by atoms with Crippen molar-refractivity contribution >= 4 is 35.6 Å². The van der Waals surface area contributed by atoms with Gasteiger partial charge in [0.05, 0.1) is 6.61 Å². The van der Waals surface area contributed by atoms with Crippen LogP contribution in [0.25, 0.3) is 0 Å². The molecule has 12 nitrogen and oxygen atoms in total. The van der Waals surface area contributed by atoms with Crippen LogP contribution in [-0.2, 0) is 30.2 Å². The van der Waals surface area contributed by atoms with Gasteiger partial charge in [0.2, 0.25) is 5.60 Å². The highest BCUT2D eigenvalue weighted by atomic mass is 16.6. The first kappa shape index (κ1) is 26.3. The van der Waals surface area contributed by atoms with Crippen LogP contribution in [0.4, 0.5) is 25.8 Å². The Morgan fingerprint density at radius 2 is 1.56 bits per heavy atom. The molecule has 1 aliphatic heterocycles. The van der Waals surface area contributed by atoms with Crippen LogP contribution in [0.3, 0.4) is 0 Å². The monoisotopic (exact) mass is 501 g/mol. The third-order valence-corrected chi connectivity index (χ3v) is 5.01. The molecule has 192 valence electrons. The number of hydrogen-bond acceptors (Lipinski definition) is 8. The van der Waals surface area contributed by atoms with E-state index >= 15 is 0 Å². The van der Waals surface area contributed by atoms with Crippen molar-refractivity contribution in [2.45, 2.75) is 25.0 Å². The summed E-state index contributed by atoms with van der Waals surface area (Å²) in [6.07, 6.45) is -1.99. The number of carboxylic acids is 1. The molecule has 0 saturated carbocycles. The third-order valence-electron chi connectivity index (χ3n) is 5.01. The van der Waals surface area contributed by atoms with E-state index in [1.54, 1.807) is 36.4 Å². The number of aliphatic carboxylic acids is 1. The van der Waals surface area contributed by atoms with Gasteiger partial charge in [0.25, 0.3) is 0 Å². The molecule has 3 rings (SSSR count). The SMILES string of the molecule is CNC(=O)OCC(C)(OC(=O)Nc1cccc(Cc2cccc(NC(=O)OCC3CO3)c2)c1)C(=O)O. The first-order valence-corrected chi connectivity index (χ1v) is 11.0. The Hall–Kier alpha value is -4.32. The van der Waals surface area contributed by atoms with Crippen molar-refractivity contribution in [1.29, 1.82) is 0 Å². The Balaban J connectivity index is 1.58. The molecular formula is C24H27N3O9. The van der Waals surface area contributed by atoms with Crippen molar-refractivity contribution in [1.82, 2.24) is 5.32 Å². The van der Waals surface area contributed by atoms with E-state index in [4.69, 9.17) is 18.9 Å². The average Bonchev–Trinajstić information content (AvgIpc) is 3.66. The molecule has 0 spiro atoms. The number of nitrogens with one attached hydrogen (secondary N) is 3. The predicted octanol–water partition coefficient (Wildman–Crippen LogP) is 2.97. The zero-order valence-electron chi connectivity index (χ0n) is 19.7. The molecule has 1 fully saturated rings. The van der Waals surface area contributed by atoms with Gasteiger partial charge in [0, 0.05) is 18.4 Å². The molecule has 2 aromatic rings. The number of anilines is 2. The van der Waals surface area contributed by atoms with Gasteiger partial charge in [-0.05, 0) is 48.7 Å². The highest BCUT2D eigenvalue weighted by Gasteiger charge is 2.39. The molecule has 0 bridgehead atoms. The number of ether oxygens (including phenoxy) is 4. The molecule has 2 unspecified atom stereocenters. The fourth-order valence-corrected chi connectivity index (χ4v) is 3.00. The number of carbonyl (C=O) groups excluding carboxylic acids is 3. The standard InChI is InChI=1S/C24H27N3O9/c1-24(20(28)29,14-35-21(30)25-2)36-23(32)27-18-8-4-6-16(11-18)9-15-5-3-7-17(10-15)26-22(31)34-13-19-12-33-19/h3-8,10-11,19H,9,12-14H2,1-2H3,(H,25,30)(H,26,31)(H,27,32)(H,28,29). The normalized spacial score (nSPS) is 15.6. The number of rotatable bonds is 10. The maximum atomic E-state index is 12.4. The number of carbonyl (C=O) groups is 4. The van der Waals surface area contributed by atoms with E-state index < -0.39 is 36.5 Å². The second-order valence-electron chi connectivity index (χ2n) is 8.13. The molecule has 1 saturated heterocycles. The topological polar surface area (TPSA) is 165 Å². The molecule has 0 radical (unpaired) electrons. The summed E-state index contributed by atoms with van der Waals surface area (Å²) in [4.78, 5) is 47.1. The Kier molecular flexibility index (Phi) is 8.68. The number of epoxide rings is 1. The van der Waals surface area contributed by atoms with E-state index in [1.807, 2.05) is 12.1 Å². The lowest BCUT2D eigenvalue weighted by Gasteiger charge is -2.24. The largest absolute Gasteiger partial charge is 0.478 e. The van der Waals surface area contributed by atoms with Crippen LogP contribution in [0.2, 0.25) is 0 Å². The van der Waals surface area contributed by atoms with Crippen LogP contribution in [0.1, 0.15) is 18.1 Å². The van der Waals surface area contributed by atoms with Crippen LogP contribution in [-0.4, -0.2) is 67.9 Å². The van der Waals surface area contributed by atoms with Crippen molar-refractivity contribution in [3.05, 3.63) is 59.7 Å². The summed E-state index contributed by atoms with van der Waals surface area (Å²) in [7, 11) is 1.31. The number of amides is 3. The summed E-state index contributed by atoms with van der Waals surface area (Å²) in [5.41, 5.74) is 0.580. The molecule has 3 amide bonds. The molecular weight excluding hydrogens is 474 g/mol.